The molecule has 1 fully saturated rings. The maximum atomic E-state index is 11.6. The van der Waals surface area contributed by atoms with E-state index in [1.807, 2.05) is 7.05 Å². The second kappa shape index (κ2) is 6.44. The van der Waals surface area contributed by atoms with Crippen LogP contribution in [-0.2, 0) is 14.3 Å². The van der Waals surface area contributed by atoms with Gasteiger partial charge in [-0.3, -0.25) is 4.79 Å². The van der Waals surface area contributed by atoms with Gasteiger partial charge in [-0.2, -0.15) is 0 Å². The molecule has 0 aromatic heterocycles. The van der Waals surface area contributed by atoms with Gasteiger partial charge in [0.1, 0.15) is 6.61 Å². The van der Waals surface area contributed by atoms with Gasteiger partial charge in [-0.05, 0) is 20.0 Å². The third-order valence-electron chi connectivity index (χ3n) is 2.53. The Morgan fingerprint density at radius 2 is 2.31 bits per heavy atom. The molecule has 1 saturated heterocycles. The minimum atomic E-state index is -0.997. The molecule has 16 heavy (non-hydrogen) atoms. The molecule has 2 N–H and O–H groups in total. The highest BCUT2D eigenvalue weighted by atomic mass is 16.5. The van der Waals surface area contributed by atoms with Crippen molar-refractivity contribution in [3.8, 4) is 0 Å². The lowest BCUT2D eigenvalue weighted by Crippen LogP contribution is -2.34. The SMILES string of the molecule is CN1CCC(C(=O)NCCOCC(=O)O)C1. The molecule has 0 spiro atoms. The summed E-state index contributed by atoms with van der Waals surface area (Å²) in [5.74, 6) is -0.906. The number of hydrogen-bond donors (Lipinski definition) is 2. The van der Waals surface area contributed by atoms with Gasteiger partial charge in [-0.15, -0.1) is 0 Å². The Morgan fingerprint density at radius 1 is 1.56 bits per heavy atom. The van der Waals surface area contributed by atoms with Crippen LogP contribution in [0.1, 0.15) is 6.42 Å². The largest absolute Gasteiger partial charge is 0.480 e. The molecule has 92 valence electrons. The summed E-state index contributed by atoms with van der Waals surface area (Å²) >= 11 is 0. The van der Waals surface area contributed by atoms with Gasteiger partial charge in [0, 0.05) is 13.1 Å². The van der Waals surface area contributed by atoms with E-state index in [2.05, 4.69) is 10.2 Å². The van der Waals surface area contributed by atoms with Crippen molar-refractivity contribution in [2.24, 2.45) is 5.92 Å². The number of nitrogens with zero attached hydrogens (tertiary/aromatic N) is 1. The molecule has 0 radical (unpaired) electrons. The van der Waals surface area contributed by atoms with E-state index in [4.69, 9.17) is 9.84 Å². The van der Waals surface area contributed by atoms with Crippen molar-refractivity contribution in [1.82, 2.24) is 10.2 Å². The van der Waals surface area contributed by atoms with Gasteiger partial charge in [0.2, 0.25) is 5.91 Å². The maximum absolute atomic E-state index is 11.6. The lowest BCUT2D eigenvalue weighted by Gasteiger charge is -2.11. The first kappa shape index (κ1) is 12.9. The summed E-state index contributed by atoms with van der Waals surface area (Å²) in [6.07, 6.45) is 0.887. The predicted molar refractivity (Wildman–Crippen MR) is 57.1 cm³/mol. The molecule has 1 unspecified atom stereocenters. The third-order valence-corrected chi connectivity index (χ3v) is 2.53. The van der Waals surface area contributed by atoms with Gasteiger partial charge in [0.05, 0.1) is 12.5 Å². The van der Waals surface area contributed by atoms with E-state index in [9.17, 15) is 9.59 Å². The van der Waals surface area contributed by atoms with Crippen LogP contribution in [0.2, 0.25) is 0 Å². The molecule has 1 heterocycles. The lowest BCUT2D eigenvalue weighted by molar-refractivity contribution is -0.142. The number of carbonyl (C=O) groups is 2. The number of hydrogen-bond acceptors (Lipinski definition) is 4. The number of aliphatic carboxylic acids is 1. The molecular formula is C10H18N2O4. The normalized spacial score (nSPS) is 20.9. The van der Waals surface area contributed by atoms with Crippen LogP contribution in [-0.4, -0.2) is 61.8 Å². The number of ether oxygens (including phenoxy) is 1. The molecule has 1 aliphatic rings. The zero-order valence-electron chi connectivity index (χ0n) is 9.44. The van der Waals surface area contributed by atoms with Crippen molar-refractivity contribution in [1.29, 1.82) is 0 Å². The van der Waals surface area contributed by atoms with Crippen molar-refractivity contribution in [2.75, 3.05) is 39.9 Å². The van der Waals surface area contributed by atoms with E-state index in [0.29, 0.717) is 6.54 Å². The number of amides is 1. The number of carboxylic acid groups (broad SMARTS) is 1. The number of carbonyl (C=O) groups excluding carboxylic acids is 1. The molecule has 1 aliphatic heterocycles. The highest BCUT2D eigenvalue weighted by molar-refractivity contribution is 5.79. The molecule has 1 atom stereocenters. The van der Waals surface area contributed by atoms with Crippen LogP contribution in [0.25, 0.3) is 0 Å². The van der Waals surface area contributed by atoms with Crippen molar-refractivity contribution in [3.05, 3.63) is 0 Å². The Kier molecular flexibility index (Phi) is 5.21. The van der Waals surface area contributed by atoms with E-state index in [1.165, 1.54) is 0 Å². The first-order valence-electron chi connectivity index (χ1n) is 5.35. The molecule has 0 aromatic carbocycles. The average molecular weight is 230 g/mol. The van der Waals surface area contributed by atoms with Crippen molar-refractivity contribution < 1.29 is 19.4 Å². The van der Waals surface area contributed by atoms with E-state index in [0.717, 1.165) is 19.5 Å². The van der Waals surface area contributed by atoms with Crippen molar-refractivity contribution in [3.63, 3.8) is 0 Å². The van der Waals surface area contributed by atoms with Crippen molar-refractivity contribution in [2.45, 2.75) is 6.42 Å². The second-order valence-electron chi connectivity index (χ2n) is 3.99. The van der Waals surface area contributed by atoms with Crippen LogP contribution in [0, 0.1) is 5.92 Å². The molecule has 0 saturated carbocycles. The Labute approximate surface area is 94.6 Å². The Bertz CT molecular complexity index is 257. The lowest BCUT2D eigenvalue weighted by atomic mass is 10.1. The van der Waals surface area contributed by atoms with Gasteiger partial charge >= 0.3 is 5.97 Å². The fourth-order valence-electron chi connectivity index (χ4n) is 1.70. The zero-order valence-corrected chi connectivity index (χ0v) is 9.44. The summed E-state index contributed by atoms with van der Waals surface area (Å²) in [7, 11) is 1.99. The smallest absolute Gasteiger partial charge is 0.329 e. The monoisotopic (exact) mass is 230 g/mol. The Balaban J connectivity index is 2.04. The third kappa shape index (κ3) is 4.59. The van der Waals surface area contributed by atoms with Gasteiger partial charge in [-0.1, -0.05) is 0 Å². The summed E-state index contributed by atoms with van der Waals surface area (Å²) in [5.41, 5.74) is 0. The standard InChI is InChI=1S/C10H18N2O4/c1-12-4-2-8(6-12)10(15)11-3-5-16-7-9(13)14/h8H,2-7H2,1H3,(H,11,15)(H,13,14). The maximum Gasteiger partial charge on any atom is 0.329 e. The molecule has 0 aliphatic carbocycles. The van der Waals surface area contributed by atoms with Crippen LogP contribution < -0.4 is 5.32 Å². The number of nitrogens with one attached hydrogen (secondary N) is 1. The minimum absolute atomic E-state index is 0.0308. The van der Waals surface area contributed by atoms with Crippen LogP contribution in [0.5, 0.6) is 0 Å². The fourth-order valence-corrected chi connectivity index (χ4v) is 1.70. The fraction of sp³-hybridized carbons (Fsp3) is 0.800. The van der Waals surface area contributed by atoms with Crippen LogP contribution >= 0.6 is 0 Å². The molecular weight excluding hydrogens is 212 g/mol. The summed E-state index contributed by atoms with van der Waals surface area (Å²) in [6, 6.07) is 0. The van der Waals surface area contributed by atoms with Gasteiger partial charge in [0.25, 0.3) is 0 Å². The average Bonchev–Trinajstić information content (AvgIpc) is 2.63. The topological polar surface area (TPSA) is 78.9 Å². The summed E-state index contributed by atoms with van der Waals surface area (Å²) < 4.78 is 4.80. The number of likely N-dealkylation sites (tertiary alicyclic amines) is 1. The molecule has 1 amide bonds. The van der Waals surface area contributed by atoms with Gasteiger partial charge < -0.3 is 20.1 Å². The highest BCUT2D eigenvalue weighted by Crippen LogP contribution is 2.13. The van der Waals surface area contributed by atoms with E-state index in [-0.39, 0.29) is 25.0 Å². The first-order chi connectivity index (χ1) is 7.59. The van der Waals surface area contributed by atoms with E-state index >= 15 is 0 Å². The van der Waals surface area contributed by atoms with Crippen LogP contribution in [0.4, 0.5) is 0 Å². The molecule has 6 nitrogen and oxygen atoms in total. The summed E-state index contributed by atoms with van der Waals surface area (Å²) in [4.78, 5) is 23.8. The van der Waals surface area contributed by atoms with Gasteiger partial charge in [0.15, 0.2) is 0 Å². The van der Waals surface area contributed by atoms with Crippen LogP contribution in [0.3, 0.4) is 0 Å². The predicted octanol–water partition coefficient (Wildman–Crippen LogP) is -0.844. The Morgan fingerprint density at radius 3 is 2.88 bits per heavy atom. The summed E-state index contributed by atoms with van der Waals surface area (Å²) in [6.45, 7) is 2.03. The Hall–Kier alpha value is -1.14. The highest BCUT2D eigenvalue weighted by Gasteiger charge is 2.25. The molecule has 6 heteroatoms. The number of carboxylic acids is 1. The first-order valence-corrected chi connectivity index (χ1v) is 5.35. The summed E-state index contributed by atoms with van der Waals surface area (Å²) in [5, 5.41) is 11.0. The van der Waals surface area contributed by atoms with Crippen molar-refractivity contribution >= 4 is 11.9 Å². The second-order valence-corrected chi connectivity index (χ2v) is 3.99. The molecule has 0 aromatic rings. The quantitative estimate of drug-likeness (QED) is 0.581. The molecule has 0 bridgehead atoms. The zero-order chi connectivity index (χ0) is 12.0. The van der Waals surface area contributed by atoms with Crippen LogP contribution in [0.15, 0.2) is 0 Å². The van der Waals surface area contributed by atoms with E-state index < -0.39 is 5.97 Å². The van der Waals surface area contributed by atoms with Gasteiger partial charge in [-0.25, -0.2) is 4.79 Å². The minimum Gasteiger partial charge on any atom is -0.480 e. The van der Waals surface area contributed by atoms with E-state index in [1.54, 1.807) is 0 Å². The number of rotatable bonds is 6. The molecule has 1 rings (SSSR count).